The zero-order valence-corrected chi connectivity index (χ0v) is 16.7. The summed E-state index contributed by atoms with van der Waals surface area (Å²) in [7, 11) is 4.68. The molecule has 2 heterocycles. The number of hydrogen-bond acceptors (Lipinski definition) is 8. The lowest BCUT2D eigenvalue weighted by molar-refractivity contribution is 0.324. The smallest absolute Gasteiger partial charge is 0.230 e. The first-order valence-corrected chi connectivity index (χ1v) is 9.13. The lowest BCUT2D eigenvalue weighted by Gasteiger charge is -2.14. The first-order chi connectivity index (χ1) is 14.7. The number of ether oxygens (including phenoxy) is 4. The van der Waals surface area contributed by atoms with Gasteiger partial charge in [-0.05, 0) is 24.3 Å². The Labute approximate surface area is 173 Å². The highest BCUT2D eigenvalue weighted by Crippen LogP contribution is 2.40. The molecule has 0 aliphatic heterocycles. The molecule has 0 fully saturated rings. The number of benzene rings is 2. The molecular weight excluding hydrogens is 384 g/mol. The number of nitrogens with one attached hydrogen (secondary N) is 1. The van der Waals surface area contributed by atoms with E-state index in [2.05, 4.69) is 20.3 Å². The van der Waals surface area contributed by atoms with Crippen LogP contribution in [-0.2, 0) is 0 Å². The zero-order chi connectivity index (χ0) is 20.9. The quantitative estimate of drug-likeness (QED) is 0.479. The van der Waals surface area contributed by atoms with Gasteiger partial charge in [0.1, 0.15) is 5.75 Å². The van der Waals surface area contributed by atoms with Crippen molar-refractivity contribution in [2.45, 2.75) is 0 Å². The Morgan fingerprint density at radius 1 is 0.800 bits per heavy atom. The van der Waals surface area contributed by atoms with Crippen molar-refractivity contribution >= 4 is 22.5 Å². The summed E-state index contributed by atoms with van der Waals surface area (Å²) >= 11 is 0. The Kier molecular flexibility index (Phi) is 5.47. The lowest BCUT2D eigenvalue weighted by Crippen LogP contribution is -2.01. The van der Waals surface area contributed by atoms with Crippen molar-refractivity contribution in [1.29, 1.82) is 0 Å². The second-order valence-corrected chi connectivity index (χ2v) is 6.22. The number of fused-ring (bicyclic) bond motifs is 1. The predicted molar refractivity (Wildman–Crippen MR) is 113 cm³/mol. The second kappa shape index (κ2) is 8.52. The molecule has 0 atom stereocenters. The van der Waals surface area contributed by atoms with E-state index in [9.17, 15) is 0 Å². The minimum Gasteiger partial charge on any atom is -0.493 e. The third-order valence-electron chi connectivity index (χ3n) is 4.35. The van der Waals surface area contributed by atoms with E-state index >= 15 is 0 Å². The molecule has 0 saturated carbocycles. The molecule has 2 aromatic heterocycles. The molecule has 0 bridgehead atoms. The molecule has 4 aromatic rings. The van der Waals surface area contributed by atoms with Crippen molar-refractivity contribution in [3.8, 4) is 28.9 Å². The second-order valence-electron chi connectivity index (χ2n) is 6.22. The molecule has 8 nitrogen and oxygen atoms in total. The summed E-state index contributed by atoms with van der Waals surface area (Å²) in [5, 5.41) is 4.12. The van der Waals surface area contributed by atoms with Gasteiger partial charge in [-0.2, -0.15) is 4.98 Å². The van der Waals surface area contributed by atoms with Gasteiger partial charge in [-0.3, -0.25) is 4.98 Å². The maximum atomic E-state index is 5.90. The molecule has 1 N–H and O–H groups in total. The Morgan fingerprint density at radius 2 is 1.60 bits per heavy atom. The maximum Gasteiger partial charge on any atom is 0.230 e. The van der Waals surface area contributed by atoms with Crippen LogP contribution in [0.5, 0.6) is 28.9 Å². The highest BCUT2D eigenvalue weighted by atomic mass is 16.5. The van der Waals surface area contributed by atoms with Gasteiger partial charge in [0.15, 0.2) is 11.5 Å². The lowest BCUT2D eigenvalue weighted by atomic mass is 10.2. The first-order valence-electron chi connectivity index (χ1n) is 9.13. The molecule has 0 radical (unpaired) electrons. The van der Waals surface area contributed by atoms with Crippen LogP contribution >= 0.6 is 0 Å². The minimum atomic E-state index is 0.365. The molecule has 0 saturated heterocycles. The topological polar surface area (TPSA) is 87.6 Å². The van der Waals surface area contributed by atoms with E-state index in [-0.39, 0.29) is 0 Å². The van der Waals surface area contributed by atoms with Gasteiger partial charge < -0.3 is 24.3 Å². The van der Waals surface area contributed by atoms with Gasteiger partial charge in [0.05, 0.1) is 26.8 Å². The largest absolute Gasteiger partial charge is 0.493 e. The highest BCUT2D eigenvalue weighted by molar-refractivity contribution is 5.79. The molecule has 152 valence electrons. The third kappa shape index (κ3) is 4.02. The van der Waals surface area contributed by atoms with Crippen LogP contribution in [0.1, 0.15) is 0 Å². The van der Waals surface area contributed by atoms with E-state index in [1.165, 1.54) is 0 Å². The van der Waals surface area contributed by atoms with Crippen molar-refractivity contribution < 1.29 is 18.9 Å². The fourth-order valence-electron chi connectivity index (χ4n) is 2.98. The van der Waals surface area contributed by atoms with Gasteiger partial charge in [0, 0.05) is 41.7 Å². The predicted octanol–water partition coefficient (Wildman–Crippen LogP) is 4.59. The summed E-state index contributed by atoms with van der Waals surface area (Å²) in [5.74, 6) is 2.99. The average molecular weight is 404 g/mol. The van der Waals surface area contributed by atoms with E-state index in [0.29, 0.717) is 40.5 Å². The van der Waals surface area contributed by atoms with Crippen LogP contribution in [0.15, 0.2) is 60.9 Å². The van der Waals surface area contributed by atoms with E-state index < -0.39 is 0 Å². The van der Waals surface area contributed by atoms with Gasteiger partial charge in [-0.25, -0.2) is 4.98 Å². The molecule has 0 aliphatic carbocycles. The van der Waals surface area contributed by atoms with Crippen molar-refractivity contribution in [3.63, 3.8) is 0 Å². The van der Waals surface area contributed by atoms with Crippen LogP contribution in [-0.4, -0.2) is 36.3 Å². The Hall–Kier alpha value is -4.07. The van der Waals surface area contributed by atoms with E-state index in [1.54, 1.807) is 51.9 Å². The van der Waals surface area contributed by atoms with Crippen LogP contribution in [0.25, 0.3) is 10.9 Å². The number of rotatable bonds is 7. The molecule has 0 amide bonds. The number of hydrogen-bond donors (Lipinski definition) is 1. The van der Waals surface area contributed by atoms with Crippen LogP contribution in [0.4, 0.5) is 11.6 Å². The van der Waals surface area contributed by atoms with E-state index in [4.69, 9.17) is 18.9 Å². The first kappa shape index (κ1) is 19.3. The van der Waals surface area contributed by atoms with Gasteiger partial charge in [0.2, 0.25) is 17.6 Å². The summed E-state index contributed by atoms with van der Waals surface area (Å²) < 4.78 is 22.0. The third-order valence-corrected chi connectivity index (χ3v) is 4.35. The number of pyridine rings is 1. The van der Waals surface area contributed by atoms with Crippen molar-refractivity contribution in [3.05, 3.63) is 60.9 Å². The van der Waals surface area contributed by atoms with Crippen LogP contribution in [0.3, 0.4) is 0 Å². The van der Waals surface area contributed by atoms with Crippen molar-refractivity contribution in [2.75, 3.05) is 26.6 Å². The molecule has 2 aromatic carbocycles. The molecule has 8 heteroatoms. The van der Waals surface area contributed by atoms with Crippen molar-refractivity contribution in [1.82, 2.24) is 15.0 Å². The molecule has 0 unspecified atom stereocenters. The van der Waals surface area contributed by atoms with Gasteiger partial charge in [-0.15, -0.1) is 0 Å². The normalized spacial score (nSPS) is 10.5. The van der Waals surface area contributed by atoms with Crippen molar-refractivity contribution in [2.24, 2.45) is 0 Å². The summed E-state index contributed by atoms with van der Waals surface area (Å²) in [6.45, 7) is 0. The fourth-order valence-corrected chi connectivity index (χ4v) is 2.98. The standard InChI is InChI=1S/C22H20N4O4/c1-27-18-12-15(13-19(28-2)21(18)29-3)25-22-24-10-8-20(26-22)30-16-6-7-17-14(11-16)5-4-9-23-17/h4-13H,1-3H3,(H,24,25,26). The SMILES string of the molecule is COc1cc(Nc2nccc(Oc3ccc4ncccc4c3)n2)cc(OC)c1OC. The molecule has 30 heavy (non-hydrogen) atoms. The van der Waals surface area contributed by atoms with Crippen LogP contribution < -0.4 is 24.3 Å². The highest BCUT2D eigenvalue weighted by Gasteiger charge is 2.14. The zero-order valence-electron chi connectivity index (χ0n) is 16.7. The monoisotopic (exact) mass is 404 g/mol. The van der Waals surface area contributed by atoms with E-state index in [1.807, 2.05) is 30.3 Å². The summed E-state index contributed by atoms with van der Waals surface area (Å²) in [4.78, 5) is 13.0. The van der Waals surface area contributed by atoms with Gasteiger partial charge >= 0.3 is 0 Å². The molecule has 0 spiro atoms. The van der Waals surface area contributed by atoms with E-state index in [0.717, 1.165) is 10.9 Å². The number of aromatic nitrogens is 3. The summed E-state index contributed by atoms with van der Waals surface area (Å²) in [5.41, 5.74) is 1.58. The fraction of sp³-hybridized carbons (Fsp3) is 0.136. The Morgan fingerprint density at radius 3 is 2.33 bits per heavy atom. The Balaban J connectivity index is 1.57. The number of nitrogens with zero attached hydrogens (tertiary/aromatic N) is 3. The number of methoxy groups -OCH3 is 3. The average Bonchev–Trinajstić information content (AvgIpc) is 2.78. The minimum absolute atomic E-state index is 0.365. The molecule has 0 aliphatic rings. The Bertz CT molecular complexity index is 1160. The summed E-state index contributed by atoms with van der Waals surface area (Å²) in [6, 6.07) is 14.8. The summed E-state index contributed by atoms with van der Waals surface area (Å²) in [6.07, 6.45) is 3.37. The van der Waals surface area contributed by atoms with Crippen LogP contribution in [0.2, 0.25) is 0 Å². The maximum absolute atomic E-state index is 5.90. The number of anilines is 2. The van der Waals surface area contributed by atoms with Gasteiger partial charge in [0.25, 0.3) is 0 Å². The molecular formula is C22H20N4O4. The van der Waals surface area contributed by atoms with Gasteiger partial charge in [-0.1, -0.05) is 6.07 Å². The van der Waals surface area contributed by atoms with Crippen LogP contribution in [0, 0.1) is 0 Å². The molecule has 4 rings (SSSR count).